The fourth-order valence-electron chi connectivity index (χ4n) is 2.22. The minimum atomic E-state index is -0.811. The van der Waals surface area contributed by atoms with Crippen LogP contribution in [0.3, 0.4) is 0 Å². The number of benzene rings is 2. The number of halogens is 2. The maximum atomic E-state index is 13.1. The first-order chi connectivity index (χ1) is 13.4. The highest BCUT2D eigenvalue weighted by atomic mass is 79.9. The zero-order valence-corrected chi connectivity index (χ0v) is 17.0. The van der Waals surface area contributed by atoms with E-state index in [9.17, 15) is 14.0 Å². The first kappa shape index (κ1) is 20.0. The van der Waals surface area contributed by atoms with E-state index in [0.717, 1.165) is 0 Å². The number of thiazole rings is 1. The van der Waals surface area contributed by atoms with E-state index in [4.69, 9.17) is 4.74 Å². The molecule has 1 atom stereocenters. The van der Waals surface area contributed by atoms with Crippen molar-refractivity contribution >= 4 is 49.9 Å². The van der Waals surface area contributed by atoms with Gasteiger partial charge in [0.1, 0.15) is 11.6 Å². The van der Waals surface area contributed by atoms with Crippen molar-refractivity contribution in [3.63, 3.8) is 0 Å². The van der Waals surface area contributed by atoms with E-state index in [1.807, 2.05) is 0 Å². The van der Waals surface area contributed by atoms with Gasteiger partial charge in [-0.05, 0) is 65.3 Å². The maximum Gasteiger partial charge on any atom is 0.265 e. The Balaban J connectivity index is 1.58. The lowest BCUT2D eigenvalue weighted by Gasteiger charge is -2.16. The van der Waals surface area contributed by atoms with Crippen LogP contribution in [0.4, 0.5) is 15.2 Å². The van der Waals surface area contributed by atoms with Crippen LogP contribution in [0.2, 0.25) is 0 Å². The van der Waals surface area contributed by atoms with Gasteiger partial charge < -0.3 is 10.1 Å². The van der Waals surface area contributed by atoms with Crippen LogP contribution in [0.5, 0.6) is 5.75 Å². The monoisotopic (exact) mass is 463 g/mol. The van der Waals surface area contributed by atoms with Gasteiger partial charge in [0, 0.05) is 22.8 Å². The summed E-state index contributed by atoms with van der Waals surface area (Å²) in [5.41, 5.74) is 0.956. The van der Waals surface area contributed by atoms with Gasteiger partial charge in [0.25, 0.3) is 11.8 Å². The molecule has 2 amide bonds. The van der Waals surface area contributed by atoms with E-state index in [-0.39, 0.29) is 11.8 Å². The fraction of sp³-hybridized carbons (Fsp3) is 0.105. The number of hydrogen-bond donors (Lipinski definition) is 2. The third-order valence-electron chi connectivity index (χ3n) is 3.63. The van der Waals surface area contributed by atoms with E-state index >= 15 is 0 Å². The van der Waals surface area contributed by atoms with Gasteiger partial charge in [-0.1, -0.05) is 0 Å². The Kier molecular flexibility index (Phi) is 6.37. The lowest BCUT2D eigenvalue weighted by Crippen LogP contribution is -2.30. The van der Waals surface area contributed by atoms with Gasteiger partial charge in [-0.2, -0.15) is 0 Å². The molecule has 1 aromatic heterocycles. The summed E-state index contributed by atoms with van der Waals surface area (Å²) in [4.78, 5) is 28.4. The molecule has 0 aliphatic heterocycles. The molecule has 0 spiro atoms. The van der Waals surface area contributed by atoms with Crippen LogP contribution in [0.15, 0.2) is 58.5 Å². The minimum Gasteiger partial charge on any atom is -0.480 e. The van der Waals surface area contributed by atoms with E-state index in [0.29, 0.717) is 26.6 Å². The van der Waals surface area contributed by atoms with E-state index in [1.165, 1.54) is 29.5 Å². The first-order valence-electron chi connectivity index (χ1n) is 8.16. The summed E-state index contributed by atoms with van der Waals surface area (Å²) in [6.07, 6.45) is 0.793. The summed E-state index contributed by atoms with van der Waals surface area (Å²) < 4.78 is 19.1. The zero-order valence-electron chi connectivity index (χ0n) is 14.6. The highest BCUT2D eigenvalue weighted by molar-refractivity contribution is 9.10. The van der Waals surface area contributed by atoms with Gasteiger partial charge in [0.2, 0.25) is 0 Å². The Morgan fingerprint density at radius 3 is 2.57 bits per heavy atom. The second-order valence-electron chi connectivity index (χ2n) is 5.69. The van der Waals surface area contributed by atoms with Crippen LogP contribution < -0.4 is 15.4 Å². The molecular weight excluding hydrogens is 449 g/mol. The molecule has 0 aliphatic rings. The maximum absolute atomic E-state index is 13.1. The highest BCUT2D eigenvalue weighted by Crippen LogP contribution is 2.26. The van der Waals surface area contributed by atoms with Gasteiger partial charge in [-0.25, -0.2) is 9.37 Å². The number of nitrogens with zero attached hydrogens (tertiary/aromatic N) is 1. The normalized spacial score (nSPS) is 11.5. The van der Waals surface area contributed by atoms with Crippen molar-refractivity contribution in [1.82, 2.24) is 4.98 Å². The molecule has 28 heavy (non-hydrogen) atoms. The van der Waals surface area contributed by atoms with Crippen LogP contribution in [-0.2, 0) is 4.79 Å². The Hall–Kier alpha value is -2.78. The number of hydrogen-bond acceptors (Lipinski definition) is 5. The molecule has 0 saturated heterocycles. The zero-order chi connectivity index (χ0) is 20.1. The molecule has 0 radical (unpaired) electrons. The molecule has 0 aliphatic carbocycles. The van der Waals surface area contributed by atoms with Crippen LogP contribution >= 0.6 is 27.3 Å². The number of anilines is 2. The smallest absolute Gasteiger partial charge is 0.265 e. The summed E-state index contributed by atoms with van der Waals surface area (Å²) in [6, 6.07) is 10.4. The predicted octanol–water partition coefficient (Wildman–Crippen LogP) is 4.70. The molecule has 2 aromatic carbocycles. The molecule has 3 aromatic rings. The van der Waals surface area contributed by atoms with Crippen molar-refractivity contribution in [2.75, 3.05) is 10.6 Å². The number of nitrogens with one attached hydrogen (secondary N) is 2. The largest absolute Gasteiger partial charge is 0.480 e. The number of carbonyl (C=O) groups is 2. The predicted molar refractivity (Wildman–Crippen MR) is 109 cm³/mol. The average Bonchev–Trinajstić information content (AvgIpc) is 3.17. The topological polar surface area (TPSA) is 80.3 Å². The average molecular weight is 464 g/mol. The van der Waals surface area contributed by atoms with Gasteiger partial charge in [0.15, 0.2) is 11.2 Å². The molecule has 1 heterocycles. The van der Waals surface area contributed by atoms with Crippen LogP contribution in [0, 0.1) is 5.82 Å². The summed E-state index contributed by atoms with van der Waals surface area (Å²) in [7, 11) is 0. The van der Waals surface area contributed by atoms with Crippen molar-refractivity contribution < 1.29 is 18.7 Å². The molecule has 2 N–H and O–H groups in total. The van der Waals surface area contributed by atoms with Gasteiger partial charge in [-0.3, -0.25) is 14.9 Å². The van der Waals surface area contributed by atoms with Crippen molar-refractivity contribution in [1.29, 1.82) is 0 Å². The number of rotatable bonds is 6. The van der Waals surface area contributed by atoms with E-state index < -0.39 is 11.9 Å². The fourth-order valence-corrected chi connectivity index (χ4v) is 3.19. The molecule has 9 heteroatoms. The number of ether oxygens (including phenoxy) is 1. The van der Waals surface area contributed by atoms with Crippen LogP contribution in [0.1, 0.15) is 17.3 Å². The third kappa shape index (κ3) is 5.14. The minimum absolute atomic E-state index is 0.286. The summed E-state index contributed by atoms with van der Waals surface area (Å²) in [5, 5.41) is 7.67. The Labute approximate surface area is 172 Å². The number of amides is 2. The summed E-state index contributed by atoms with van der Waals surface area (Å²) >= 11 is 4.52. The quantitative estimate of drug-likeness (QED) is 0.554. The number of carbonyl (C=O) groups excluding carboxylic acids is 2. The Morgan fingerprint density at radius 2 is 1.93 bits per heavy atom. The molecular formula is C19H15BrFN3O3S. The van der Waals surface area contributed by atoms with E-state index in [2.05, 4.69) is 31.5 Å². The van der Waals surface area contributed by atoms with Crippen molar-refractivity contribution in [3.8, 4) is 5.75 Å². The van der Waals surface area contributed by atoms with Crippen molar-refractivity contribution in [2.24, 2.45) is 0 Å². The molecule has 0 bridgehead atoms. The molecule has 0 saturated carbocycles. The van der Waals surface area contributed by atoms with Crippen LogP contribution in [0.25, 0.3) is 0 Å². The summed E-state index contributed by atoms with van der Waals surface area (Å²) in [6.45, 7) is 1.58. The lowest BCUT2D eigenvalue weighted by atomic mass is 10.2. The number of aromatic nitrogens is 1. The molecule has 1 unspecified atom stereocenters. The van der Waals surface area contributed by atoms with Crippen LogP contribution in [-0.4, -0.2) is 22.9 Å². The first-order valence-corrected chi connectivity index (χ1v) is 9.83. The second kappa shape index (κ2) is 8.94. The Morgan fingerprint density at radius 1 is 1.18 bits per heavy atom. The second-order valence-corrected chi connectivity index (χ2v) is 7.44. The van der Waals surface area contributed by atoms with E-state index in [1.54, 1.807) is 42.8 Å². The molecule has 144 valence electrons. The third-order valence-corrected chi connectivity index (χ3v) is 4.94. The van der Waals surface area contributed by atoms with Crippen molar-refractivity contribution in [2.45, 2.75) is 13.0 Å². The van der Waals surface area contributed by atoms with Gasteiger partial charge >= 0.3 is 0 Å². The highest BCUT2D eigenvalue weighted by Gasteiger charge is 2.17. The SMILES string of the molecule is CC(Oc1ccc(F)cc1Br)C(=O)Nc1ccc(C(=O)Nc2nccs2)cc1. The van der Waals surface area contributed by atoms with Crippen molar-refractivity contribution in [3.05, 3.63) is 69.9 Å². The molecule has 3 rings (SSSR count). The molecule has 0 fully saturated rings. The lowest BCUT2D eigenvalue weighted by molar-refractivity contribution is -0.122. The van der Waals surface area contributed by atoms with Gasteiger partial charge in [-0.15, -0.1) is 11.3 Å². The molecule has 6 nitrogen and oxygen atoms in total. The summed E-state index contributed by atoms with van der Waals surface area (Å²) in [5.74, 6) is -0.713. The van der Waals surface area contributed by atoms with Gasteiger partial charge in [0.05, 0.1) is 4.47 Å². The Bertz CT molecular complexity index is 981. The standard InChI is InChI=1S/C19H15BrFN3O3S/c1-11(27-16-7-4-13(21)10-15(16)20)17(25)23-14-5-2-12(3-6-14)18(26)24-19-22-8-9-28-19/h2-11H,1H3,(H,23,25)(H,22,24,26).